The fourth-order valence-corrected chi connectivity index (χ4v) is 2.22. The quantitative estimate of drug-likeness (QED) is 0.694. The summed E-state index contributed by atoms with van der Waals surface area (Å²) in [5.74, 6) is 1.86. The summed E-state index contributed by atoms with van der Waals surface area (Å²) in [6.45, 7) is 5.89. The average molecular weight is 205 g/mol. The molecule has 1 N–H and O–H groups in total. The topological polar surface area (TPSA) is 30.5 Å². The van der Waals surface area contributed by atoms with E-state index < -0.39 is 0 Å². The molecule has 0 saturated carbocycles. The lowest BCUT2D eigenvalue weighted by Gasteiger charge is -2.30. The molecule has 3 nitrogen and oxygen atoms in total. The summed E-state index contributed by atoms with van der Waals surface area (Å²) in [5, 5.41) is 3.29. The zero-order valence-electron chi connectivity index (χ0n) is 9.04. The van der Waals surface area contributed by atoms with Crippen LogP contribution in [-0.2, 0) is 0 Å². The SMILES string of the molecule is Cc1ccc(C)c2c1O[C@H]1CNC[C@@H]1O2. The van der Waals surface area contributed by atoms with Crippen molar-refractivity contribution >= 4 is 0 Å². The molecule has 1 aromatic carbocycles. The summed E-state index contributed by atoms with van der Waals surface area (Å²) in [6.07, 6.45) is 0.357. The predicted octanol–water partition coefficient (Wildman–Crippen LogP) is 1.42. The first-order chi connectivity index (χ1) is 7.25. The fourth-order valence-electron chi connectivity index (χ4n) is 2.22. The molecule has 0 aromatic heterocycles. The van der Waals surface area contributed by atoms with Crippen molar-refractivity contribution in [2.24, 2.45) is 0 Å². The Kier molecular flexibility index (Phi) is 1.89. The third kappa shape index (κ3) is 1.30. The molecular formula is C12H15NO2. The van der Waals surface area contributed by atoms with Gasteiger partial charge in [-0.1, -0.05) is 12.1 Å². The van der Waals surface area contributed by atoms with E-state index in [0.29, 0.717) is 0 Å². The van der Waals surface area contributed by atoms with Crippen LogP contribution < -0.4 is 14.8 Å². The first-order valence-electron chi connectivity index (χ1n) is 5.40. The molecule has 2 aliphatic heterocycles. The van der Waals surface area contributed by atoms with Crippen LogP contribution in [0.3, 0.4) is 0 Å². The second kappa shape index (κ2) is 3.14. The highest BCUT2D eigenvalue weighted by molar-refractivity contribution is 5.52. The van der Waals surface area contributed by atoms with Crippen molar-refractivity contribution in [1.29, 1.82) is 0 Å². The Labute approximate surface area is 89.4 Å². The number of nitrogens with one attached hydrogen (secondary N) is 1. The lowest BCUT2D eigenvalue weighted by molar-refractivity contribution is 0.0538. The van der Waals surface area contributed by atoms with E-state index >= 15 is 0 Å². The highest BCUT2D eigenvalue weighted by Crippen LogP contribution is 2.40. The maximum atomic E-state index is 5.98. The van der Waals surface area contributed by atoms with Gasteiger partial charge in [-0.25, -0.2) is 0 Å². The fraction of sp³-hybridized carbons (Fsp3) is 0.500. The summed E-state index contributed by atoms with van der Waals surface area (Å²) in [4.78, 5) is 0. The molecule has 3 heteroatoms. The van der Waals surface area contributed by atoms with Gasteiger partial charge in [0.1, 0.15) is 12.2 Å². The lowest BCUT2D eigenvalue weighted by Crippen LogP contribution is -2.38. The number of aryl methyl sites for hydroxylation is 2. The van der Waals surface area contributed by atoms with Crippen molar-refractivity contribution in [3.8, 4) is 11.5 Å². The molecule has 0 amide bonds. The van der Waals surface area contributed by atoms with Crippen LogP contribution >= 0.6 is 0 Å². The average Bonchev–Trinajstić information content (AvgIpc) is 2.69. The van der Waals surface area contributed by atoms with Crippen LogP contribution in [0.1, 0.15) is 11.1 Å². The van der Waals surface area contributed by atoms with Gasteiger partial charge in [-0.15, -0.1) is 0 Å². The molecule has 1 fully saturated rings. The van der Waals surface area contributed by atoms with Crippen molar-refractivity contribution in [1.82, 2.24) is 5.32 Å². The van der Waals surface area contributed by atoms with Crippen LogP contribution in [0, 0.1) is 13.8 Å². The van der Waals surface area contributed by atoms with Gasteiger partial charge in [-0.2, -0.15) is 0 Å². The van der Waals surface area contributed by atoms with Crippen LogP contribution in [0.25, 0.3) is 0 Å². The second-order valence-electron chi connectivity index (χ2n) is 4.33. The van der Waals surface area contributed by atoms with Gasteiger partial charge in [0.15, 0.2) is 11.5 Å². The molecule has 0 aliphatic carbocycles. The standard InChI is InChI=1S/C12H15NO2/c1-7-3-4-8(2)12-11(7)14-9-5-13-6-10(9)15-12/h3-4,9-10,13H,5-6H2,1-2H3/t9-,10-/m0/s1. The summed E-state index contributed by atoms with van der Waals surface area (Å²) in [7, 11) is 0. The molecule has 1 aromatic rings. The van der Waals surface area contributed by atoms with Crippen LogP contribution in [0.15, 0.2) is 12.1 Å². The number of ether oxygens (including phenoxy) is 2. The lowest BCUT2D eigenvalue weighted by atomic mass is 10.1. The van der Waals surface area contributed by atoms with Crippen molar-refractivity contribution in [3.63, 3.8) is 0 Å². The van der Waals surface area contributed by atoms with Crippen molar-refractivity contribution in [2.75, 3.05) is 13.1 Å². The summed E-state index contributed by atoms with van der Waals surface area (Å²) < 4.78 is 12.0. The zero-order valence-corrected chi connectivity index (χ0v) is 9.04. The molecule has 3 rings (SSSR count). The number of hydrogen-bond acceptors (Lipinski definition) is 3. The molecular weight excluding hydrogens is 190 g/mol. The van der Waals surface area contributed by atoms with Gasteiger partial charge in [0, 0.05) is 13.1 Å². The Hall–Kier alpha value is -1.22. The van der Waals surface area contributed by atoms with Crippen LogP contribution in [0.4, 0.5) is 0 Å². The Balaban J connectivity index is 2.06. The molecule has 0 unspecified atom stereocenters. The van der Waals surface area contributed by atoms with E-state index in [-0.39, 0.29) is 12.2 Å². The Morgan fingerprint density at radius 2 is 1.47 bits per heavy atom. The molecule has 15 heavy (non-hydrogen) atoms. The van der Waals surface area contributed by atoms with E-state index in [1.165, 1.54) is 0 Å². The third-order valence-corrected chi connectivity index (χ3v) is 3.15. The second-order valence-corrected chi connectivity index (χ2v) is 4.33. The van der Waals surface area contributed by atoms with Gasteiger partial charge < -0.3 is 14.8 Å². The van der Waals surface area contributed by atoms with Gasteiger partial charge in [-0.3, -0.25) is 0 Å². The molecule has 0 spiro atoms. The van der Waals surface area contributed by atoms with Crippen LogP contribution in [-0.4, -0.2) is 25.3 Å². The smallest absolute Gasteiger partial charge is 0.165 e. The van der Waals surface area contributed by atoms with Crippen LogP contribution in [0.5, 0.6) is 11.5 Å². The number of benzene rings is 1. The molecule has 1 saturated heterocycles. The van der Waals surface area contributed by atoms with E-state index in [2.05, 4.69) is 31.3 Å². The normalized spacial score (nSPS) is 27.6. The molecule has 0 radical (unpaired) electrons. The maximum Gasteiger partial charge on any atom is 0.165 e. The Morgan fingerprint density at radius 1 is 1.00 bits per heavy atom. The van der Waals surface area contributed by atoms with E-state index in [9.17, 15) is 0 Å². The molecule has 0 bridgehead atoms. The van der Waals surface area contributed by atoms with Crippen LogP contribution in [0.2, 0.25) is 0 Å². The van der Waals surface area contributed by atoms with E-state index in [1.807, 2.05) is 0 Å². The van der Waals surface area contributed by atoms with E-state index in [0.717, 1.165) is 35.7 Å². The van der Waals surface area contributed by atoms with Gasteiger partial charge in [0.25, 0.3) is 0 Å². The number of rotatable bonds is 0. The van der Waals surface area contributed by atoms with Gasteiger partial charge in [0.2, 0.25) is 0 Å². The monoisotopic (exact) mass is 205 g/mol. The minimum Gasteiger partial charge on any atom is -0.481 e. The minimum atomic E-state index is 0.179. The van der Waals surface area contributed by atoms with Crippen molar-refractivity contribution in [3.05, 3.63) is 23.3 Å². The molecule has 2 heterocycles. The molecule has 2 aliphatic rings. The summed E-state index contributed by atoms with van der Waals surface area (Å²) in [6, 6.07) is 4.17. The maximum absolute atomic E-state index is 5.98. The van der Waals surface area contributed by atoms with Crippen molar-refractivity contribution in [2.45, 2.75) is 26.1 Å². The Morgan fingerprint density at radius 3 is 1.93 bits per heavy atom. The highest BCUT2D eigenvalue weighted by atomic mass is 16.6. The number of hydrogen-bond donors (Lipinski definition) is 1. The van der Waals surface area contributed by atoms with Gasteiger partial charge >= 0.3 is 0 Å². The summed E-state index contributed by atoms with van der Waals surface area (Å²) in [5.41, 5.74) is 2.31. The largest absolute Gasteiger partial charge is 0.481 e. The Bertz CT molecular complexity index is 366. The number of fused-ring (bicyclic) bond motifs is 2. The third-order valence-electron chi connectivity index (χ3n) is 3.15. The zero-order chi connectivity index (χ0) is 10.4. The molecule has 2 atom stereocenters. The minimum absolute atomic E-state index is 0.179. The first kappa shape index (κ1) is 9.04. The van der Waals surface area contributed by atoms with E-state index in [1.54, 1.807) is 0 Å². The van der Waals surface area contributed by atoms with Gasteiger partial charge in [0.05, 0.1) is 0 Å². The predicted molar refractivity (Wildman–Crippen MR) is 57.6 cm³/mol. The van der Waals surface area contributed by atoms with E-state index in [4.69, 9.17) is 9.47 Å². The summed E-state index contributed by atoms with van der Waals surface area (Å²) >= 11 is 0. The highest BCUT2D eigenvalue weighted by Gasteiger charge is 2.36. The van der Waals surface area contributed by atoms with Crippen molar-refractivity contribution < 1.29 is 9.47 Å². The first-order valence-corrected chi connectivity index (χ1v) is 5.40. The molecule has 80 valence electrons. The van der Waals surface area contributed by atoms with Gasteiger partial charge in [-0.05, 0) is 25.0 Å².